The molecule has 0 saturated heterocycles. The molecule has 18 atom stereocenters. The van der Waals surface area contributed by atoms with Crippen LogP contribution in [0.25, 0.3) is 0 Å². The van der Waals surface area contributed by atoms with Crippen LogP contribution in [0.5, 0.6) is 0 Å². The molecule has 2 bridgehead atoms. The van der Waals surface area contributed by atoms with Crippen LogP contribution in [0.1, 0.15) is 110 Å². The summed E-state index contributed by atoms with van der Waals surface area (Å²) in [6.45, 7) is 3.07. The number of carbonyl (C=O) groups excluding carboxylic acids is 1. The third-order valence-electron chi connectivity index (χ3n) is 17.3. The summed E-state index contributed by atoms with van der Waals surface area (Å²) in [5.41, 5.74) is -4.31. The Morgan fingerprint density at radius 2 is 0.764 bits per heavy atom. The van der Waals surface area contributed by atoms with E-state index in [4.69, 9.17) is 28.4 Å². The Morgan fingerprint density at radius 1 is 0.427 bits per heavy atom. The Balaban J connectivity index is 1.79. The van der Waals surface area contributed by atoms with Crippen LogP contribution in [0.2, 0.25) is 0 Å². The highest BCUT2D eigenvalue weighted by Gasteiger charge is 2.69. The van der Waals surface area contributed by atoms with Crippen molar-refractivity contribution in [2.75, 3.05) is 39.6 Å². The van der Waals surface area contributed by atoms with Crippen LogP contribution in [-0.4, -0.2) is 258 Å². The predicted molar refractivity (Wildman–Crippen MR) is 296 cm³/mol. The van der Waals surface area contributed by atoms with Gasteiger partial charge < -0.3 is 161 Å². The molecule has 33 heteroatoms. The molecule has 0 heterocycles. The van der Waals surface area contributed by atoms with Gasteiger partial charge in [-0.25, -0.2) is 0 Å². The number of ether oxygens (including phenoxy) is 6. The van der Waals surface area contributed by atoms with Gasteiger partial charge in [0.1, 0.15) is 36.6 Å². The molecule has 0 amide bonds. The molecule has 13 unspecified atom stereocenters. The van der Waals surface area contributed by atoms with E-state index in [1.165, 1.54) is 0 Å². The van der Waals surface area contributed by atoms with E-state index in [1.54, 1.807) is 6.92 Å². The van der Waals surface area contributed by atoms with Gasteiger partial charge in [-0.1, -0.05) is 19.9 Å². The molecule has 89 heavy (non-hydrogen) atoms. The zero-order valence-electron chi connectivity index (χ0n) is 49.1. The van der Waals surface area contributed by atoms with Gasteiger partial charge in [0, 0.05) is 78.2 Å². The summed E-state index contributed by atoms with van der Waals surface area (Å²) in [6, 6.07) is 0. The average Bonchev–Trinajstić information content (AvgIpc) is 1.64. The van der Waals surface area contributed by atoms with Crippen molar-refractivity contribution in [1.82, 2.24) is 0 Å². The summed E-state index contributed by atoms with van der Waals surface area (Å²) >= 11 is 0. The summed E-state index contributed by atoms with van der Waals surface area (Å²) in [6.07, 6.45) is -31.1. The van der Waals surface area contributed by atoms with Crippen molar-refractivity contribution in [1.29, 1.82) is 0 Å². The van der Waals surface area contributed by atoms with Crippen molar-refractivity contribution in [2.45, 2.75) is 190 Å². The Kier molecular flexibility index (Phi) is 27.9. The van der Waals surface area contributed by atoms with Crippen molar-refractivity contribution in [3.05, 3.63) is 81.3 Å². The van der Waals surface area contributed by atoms with Gasteiger partial charge in [0.15, 0.2) is 40.3 Å². The molecule has 0 radical (unpaired) electrons. The van der Waals surface area contributed by atoms with Crippen molar-refractivity contribution < 1.29 is 166 Å². The SMILES string of the molecule is C=C1C[C@@]23CCC4[C@](C)(C(=O)OC(O)/C(OC(O)/C(O)=C(\O)C(O)CCO)=C(/OC(O)/C(O)=C(/O)C(O)CCO)C(O)CCO)CCC[C@@]4(C)[C@@H]2CC[C@]1(OC(O)/C(OC(O)/C(O)=C(/O)C(O)CCO)=C(\OC(O)/C(O)=C(/O)C(O)CCO)C(O)CCO)C3. The maximum absolute atomic E-state index is 14.9. The van der Waals surface area contributed by atoms with Crippen molar-refractivity contribution in [3.63, 3.8) is 0 Å². The fraction of sp³-hybridized carbons (Fsp3) is 0.732. The predicted octanol–water partition coefficient (Wildman–Crippen LogP) is -2.19. The normalized spacial score (nSPS) is 29.3. The molecule has 4 aliphatic rings. The molecular formula is C56H90O33. The van der Waals surface area contributed by atoms with E-state index in [0.717, 1.165) is 0 Å². The van der Waals surface area contributed by atoms with Gasteiger partial charge in [-0.15, -0.1) is 0 Å². The summed E-state index contributed by atoms with van der Waals surface area (Å²) in [4.78, 5) is 14.9. The smallest absolute Gasteiger partial charge is 0.314 e. The Hall–Kier alpha value is -5.51. The van der Waals surface area contributed by atoms with Crippen LogP contribution < -0.4 is 0 Å². The van der Waals surface area contributed by atoms with Crippen molar-refractivity contribution in [3.8, 4) is 0 Å². The number of hydrogen-bond donors (Lipinski definition) is 26. The number of aliphatic hydroxyl groups is 26. The Morgan fingerprint density at radius 3 is 1.13 bits per heavy atom. The molecule has 26 N–H and O–H groups in total. The maximum Gasteiger partial charge on any atom is 0.314 e. The van der Waals surface area contributed by atoms with Gasteiger partial charge in [-0.05, 0) is 86.5 Å². The zero-order chi connectivity index (χ0) is 67.3. The van der Waals surface area contributed by atoms with Crippen LogP contribution in [0.4, 0.5) is 0 Å². The number of carbonyl (C=O) groups is 1. The van der Waals surface area contributed by atoms with E-state index in [2.05, 4.69) is 6.58 Å². The molecular weight excluding hydrogens is 1200 g/mol. The first-order valence-corrected chi connectivity index (χ1v) is 28.7. The van der Waals surface area contributed by atoms with E-state index in [1.807, 2.05) is 6.92 Å². The molecule has 0 aromatic rings. The fourth-order valence-corrected chi connectivity index (χ4v) is 12.8. The lowest BCUT2D eigenvalue weighted by molar-refractivity contribution is -0.227. The highest BCUT2D eigenvalue weighted by atomic mass is 16.7. The first kappa shape index (κ1) is 75.9. The quantitative estimate of drug-likeness (QED) is 0.0137. The monoisotopic (exact) mass is 1290 g/mol. The van der Waals surface area contributed by atoms with Crippen LogP contribution in [0, 0.1) is 28.1 Å². The van der Waals surface area contributed by atoms with E-state index in [-0.39, 0.29) is 44.4 Å². The number of esters is 1. The summed E-state index contributed by atoms with van der Waals surface area (Å²) < 4.78 is 33.4. The van der Waals surface area contributed by atoms with Crippen molar-refractivity contribution in [2.24, 2.45) is 28.1 Å². The third kappa shape index (κ3) is 17.2. The number of fused-ring (bicyclic) bond motifs is 3. The minimum atomic E-state index is -2.89. The molecule has 0 aliphatic heterocycles. The van der Waals surface area contributed by atoms with Crippen LogP contribution >= 0.6 is 0 Å². The fourth-order valence-electron chi connectivity index (χ4n) is 12.8. The van der Waals surface area contributed by atoms with Crippen molar-refractivity contribution >= 4 is 5.97 Å². The molecule has 512 valence electrons. The molecule has 1 spiro atoms. The Bertz CT molecular complexity index is 2570. The van der Waals surface area contributed by atoms with Gasteiger partial charge >= 0.3 is 5.97 Å². The largest absolute Gasteiger partial charge is 0.506 e. The molecule has 4 rings (SSSR count). The lowest BCUT2D eigenvalue weighted by Crippen LogP contribution is -2.60. The number of rotatable bonds is 36. The Labute approximate surface area is 509 Å². The summed E-state index contributed by atoms with van der Waals surface area (Å²) in [5.74, 6) is -18.7. The van der Waals surface area contributed by atoms with Gasteiger partial charge in [0.05, 0.1) is 11.0 Å². The first-order valence-electron chi connectivity index (χ1n) is 28.7. The summed E-state index contributed by atoms with van der Waals surface area (Å²) in [5, 5.41) is 272. The minimum Gasteiger partial charge on any atom is -0.506 e. The maximum atomic E-state index is 14.9. The van der Waals surface area contributed by atoms with Crippen LogP contribution in [0.3, 0.4) is 0 Å². The number of aliphatic hydroxyl groups excluding tert-OH is 26. The van der Waals surface area contributed by atoms with Gasteiger partial charge in [-0.3, -0.25) is 4.79 Å². The molecule has 33 nitrogen and oxygen atoms in total. The van der Waals surface area contributed by atoms with Gasteiger partial charge in [-0.2, -0.15) is 0 Å². The third-order valence-corrected chi connectivity index (χ3v) is 17.3. The average molecular weight is 1290 g/mol. The van der Waals surface area contributed by atoms with E-state index >= 15 is 0 Å². The second-order valence-electron chi connectivity index (χ2n) is 23.1. The summed E-state index contributed by atoms with van der Waals surface area (Å²) in [7, 11) is 0. The van der Waals surface area contributed by atoms with E-state index < -0.39 is 255 Å². The lowest BCUT2D eigenvalue weighted by Gasteiger charge is -2.64. The molecule has 4 fully saturated rings. The van der Waals surface area contributed by atoms with Crippen LogP contribution in [-0.2, 0) is 33.2 Å². The molecule has 0 aromatic heterocycles. The van der Waals surface area contributed by atoms with E-state index in [9.17, 15) is 138 Å². The minimum absolute atomic E-state index is 0.0141. The van der Waals surface area contributed by atoms with Gasteiger partial charge in [0.25, 0.3) is 31.5 Å². The zero-order valence-corrected chi connectivity index (χ0v) is 49.1. The molecule has 0 aromatic carbocycles. The molecule has 4 saturated carbocycles. The second kappa shape index (κ2) is 32.7. The number of hydrogen-bond acceptors (Lipinski definition) is 33. The topological polar surface area (TPSA) is 598 Å². The van der Waals surface area contributed by atoms with Crippen LogP contribution in [0.15, 0.2) is 81.3 Å². The standard InChI is InChI=1S/C56H90O33/c1-25-23-55-15-5-32-53(2,13-4-14-54(32,3)52(83)88-50(81)44(86-48(79)40(75)36(71)28(65)9-19-59)42(30(67)11-21-61)84-46(77)38(73)34(69)26(63)7-17-57)33(55)6-16-56(25,24-55)89-51(82)45(87-49(80)41(76)37(72)29(66)10-20-60)43(31(68)12-22-62)85-47(78)39(74)35(70)27(64)8-18-58/h26-33,46-51,57-82H,1,4-24H2,2-3H3/b38-34-,39-35-,40-36+,41-37-,44-42-,45-43+/t26?,27?,28?,29?,30?,31?,32?,33-,46?,47?,48?,49?,50?,51?,53+,54+,55+,56-/m0/s1. The second-order valence-corrected chi connectivity index (χ2v) is 23.1. The first-order chi connectivity index (χ1) is 41.7. The highest BCUT2D eigenvalue weighted by Crippen LogP contribution is 2.73. The highest BCUT2D eigenvalue weighted by molar-refractivity contribution is 5.77. The molecule has 4 aliphatic carbocycles. The van der Waals surface area contributed by atoms with Gasteiger partial charge in [0.2, 0.25) is 35.1 Å². The van der Waals surface area contributed by atoms with E-state index in [0.29, 0.717) is 24.8 Å². The lowest BCUT2D eigenvalue weighted by atomic mass is 9.41.